The molecule has 18 heavy (non-hydrogen) atoms. The van der Waals surface area contributed by atoms with Crippen molar-refractivity contribution in [3.05, 3.63) is 22.3 Å². The number of nitrogens with one attached hydrogen (secondary N) is 1. The van der Waals surface area contributed by atoms with Gasteiger partial charge in [0, 0.05) is 11.7 Å². The molecule has 0 fully saturated rings. The fraction of sp³-hybridized carbons (Fsp3) is 0.625. The van der Waals surface area contributed by atoms with E-state index >= 15 is 0 Å². The highest BCUT2D eigenvalue weighted by Crippen LogP contribution is 2.27. The maximum atomic E-state index is 6.23. The summed E-state index contributed by atoms with van der Waals surface area (Å²) in [6.07, 6.45) is 3.55. The van der Waals surface area contributed by atoms with E-state index in [-0.39, 0.29) is 0 Å². The molecule has 0 spiro atoms. The SMILES string of the molecule is [B]c1c(C)c(C)c(NC(C)C)c(CCCC)c1C. The molecular formula is C16H26BN. The predicted octanol–water partition coefficient (Wildman–Crippen LogP) is 3.57. The van der Waals surface area contributed by atoms with Crippen molar-refractivity contribution in [1.82, 2.24) is 0 Å². The van der Waals surface area contributed by atoms with Gasteiger partial charge in [-0.2, -0.15) is 0 Å². The Morgan fingerprint density at radius 2 is 1.67 bits per heavy atom. The summed E-state index contributed by atoms with van der Waals surface area (Å²) in [5.41, 5.74) is 7.46. The van der Waals surface area contributed by atoms with Gasteiger partial charge in [-0.1, -0.05) is 29.9 Å². The highest BCUT2D eigenvalue weighted by atomic mass is 14.9. The lowest BCUT2D eigenvalue weighted by molar-refractivity contribution is 0.787. The van der Waals surface area contributed by atoms with E-state index in [2.05, 4.69) is 46.9 Å². The quantitative estimate of drug-likeness (QED) is 0.779. The van der Waals surface area contributed by atoms with Crippen LogP contribution in [0.15, 0.2) is 0 Å². The smallest absolute Gasteiger partial charge is 0.114 e. The summed E-state index contributed by atoms with van der Waals surface area (Å²) in [7, 11) is 6.23. The van der Waals surface area contributed by atoms with Crippen molar-refractivity contribution in [3.8, 4) is 0 Å². The Balaban J connectivity index is 3.33. The molecular weight excluding hydrogens is 217 g/mol. The van der Waals surface area contributed by atoms with Crippen molar-refractivity contribution in [1.29, 1.82) is 0 Å². The van der Waals surface area contributed by atoms with E-state index in [1.807, 2.05) is 0 Å². The van der Waals surface area contributed by atoms with E-state index in [9.17, 15) is 0 Å². The molecule has 1 rings (SSSR count). The van der Waals surface area contributed by atoms with Crippen LogP contribution in [-0.4, -0.2) is 13.9 Å². The van der Waals surface area contributed by atoms with Crippen LogP contribution < -0.4 is 10.8 Å². The molecule has 1 aromatic carbocycles. The van der Waals surface area contributed by atoms with Crippen LogP contribution in [0.25, 0.3) is 0 Å². The number of hydrogen-bond acceptors (Lipinski definition) is 1. The van der Waals surface area contributed by atoms with Gasteiger partial charge in [-0.25, -0.2) is 0 Å². The van der Waals surface area contributed by atoms with Crippen molar-refractivity contribution < 1.29 is 0 Å². The minimum atomic E-state index is 0.450. The van der Waals surface area contributed by atoms with Gasteiger partial charge in [-0.15, -0.1) is 0 Å². The zero-order valence-electron chi connectivity index (χ0n) is 12.8. The predicted molar refractivity (Wildman–Crippen MR) is 83.4 cm³/mol. The van der Waals surface area contributed by atoms with Crippen LogP contribution in [0, 0.1) is 20.8 Å². The summed E-state index contributed by atoms with van der Waals surface area (Å²) in [6.45, 7) is 13.0. The van der Waals surface area contributed by atoms with Crippen molar-refractivity contribution in [2.45, 2.75) is 66.8 Å². The normalized spacial score (nSPS) is 11.1. The summed E-state index contributed by atoms with van der Waals surface area (Å²) in [5, 5.41) is 3.60. The average Bonchev–Trinajstić information content (AvgIpc) is 2.32. The molecule has 1 nitrogen and oxygen atoms in total. The first-order valence-corrected chi connectivity index (χ1v) is 7.04. The maximum Gasteiger partial charge on any atom is 0.114 e. The second-order valence-electron chi connectivity index (χ2n) is 5.54. The Bertz CT molecular complexity index is 422. The zero-order valence-corrected chi connectivity index (χ0v) is 12.8. The second kappa shape index (κ2) is 6.31. The second-order valence-corrected chi connectivity index (χ2v) is 5.54. The molecule has 0 unspecified atom stereocenters. The van der Waals surface area contributed by atoms with Crippen LogP contribution in [0.1, 0.15) is 55.9 Å². The summed E-state index contributed by atoms with van der Waals surface area (Å²) in [4.78, 5) is 0. The van der Waals surface area contributed by atoms with Crippen LogP contribution in [-0.2, 0) is 6.42 Å². The number of hydrogen-bond donors (Lipinski definition) is 1. The summed E-state index contributed by atoms with van der Waals surface area (Å²) < 4.78 is 0. The summed E-state index contributed by atoms with van der Waals surface area (Å²) >= 11 is 0. The topological polar surface area (TPSA) is 12.0 Å². The summed E-state index contributed by atoms with van der Waals surface area (Å²) in [5.74, 6) is 0. The van der Waals surface area contributed by atoms with Gasteiger partial charge >= 0.3 is 0 Å². The molecule has 0 saturated carbocycles. The first-order valence-electron chi connectivity index (χ1n) is 7.04. The van der Waals surface area contributed by atoms with E-state index in [1.165, 1.54) is 40.8 Å². The minimum absolute atomic E-state index is 0.450. The van der Waals surface area contributed by atoms with Gasteiger partial charge in [0.1, 0.15) is 7.85 Å². The Labute approximate surface area is 114 Å². The number of anilines is 1. The van der Waals surface area contributed by atoms with Crippen LogP contribution in [0.3, 0.4) is 0 Å². The Kier molecular flexibility index (Phi) is 5.31. The van der Waals surface area contributed by atoms with Crippen molar-refractivity contribution >= 4 is 19.0 Å². The van der Waals surface area contributed by atoms with Crippen LogP contribution in [0.5, 0.6) is 0 Å². The molecule has 0 amide bonds. The zero-order chi connectivity index (χ0) is 13.9. The molecule has 0 aliphatic carbocycles. The standard InChI is InChI=1S/C16H26BN/c1-7-8-9-14-13(6)15(17)11(4)12(5)16(14)18-10(2)3/h10,18H,7-9H2,1-6H3. The molecule has 2 heteroatoms. The molecule has 2 radical (unpaired) electrons. The van der Waals surface area contributed by atoms with Crippen LogP contribution in [0.4, 0.5) is 5.69 Å². The molecule has 98 valence electrons. The molecule has 0 aliphatic rings. The molecule has 0 heterocycles. The third kappa shape index (κ3) is 3.10. The molecule has 1 N–H and O–H groups in total. The molecule has 1 aromatic rings. The Morgan fingerprint density at radius 3 is 2.17 bits per heavy atom. The highest BCUT2D eigenvalue weighted by molar-refractivity contribution is 6.34. The summed E-state index contributed by atoms with van der Waals surface area (Å²) in [6, 6.07) is 0.450. The van der Waals surface area contributed by atoms with Crippen LogP contribution >= 0.6 is 0 Å². The first kappa shape index (κ1) is 15.1. The van der Waals surface area contributed by atoms with Gasteiger partial charge in [-0.05, 0) is 58.6 Å². The van der Waals surface area contributed by atoms with Gasteiger partial charge in [0.25, 0.3) is 0 Å². The lowest BCUT2D eigenvalue weighted by atomic mass is 9.80. The van der Waals surface area contributed by atoms with E-state index in [0.717, 1.165) is 11.9 Å². The van der Waals surface area contributed by atoms with E-state index < -0.39 is 0 Å². The number of benzene rings is 1. The largest absolute Gasteiger partial charge is 0.382 e. The number of rotatable bonds is 5. The average molecular weight is 243 g/mol. The maximum absolute atomic E-state index is 6.23. The van der Waals surface area contributed by atoms with Gasteiger partial charge < -0.3 is 5.32 Å². The van der Waals surface area contributed by atoms with Gasteiger partial charge in [0.15, 0.2) is 0 Å². The lowest BCUT2D eigenvalue weighted by Gasteiger charge is -2.24. The van der Waals surface area contributed by atoms with Crippen molar-refractivity contribution in [2.75, 3.05) is 5.32 Å². The third-order valence-electron chi connectivity index (χ3n) is 3.71. The molecule has 0 saturated heterocycles. The van der Waals surface area contributed by atoms with Crippen molar-refractivity contribution in [3.63, 3.8) is 0 Å². The lowest BCUT2D eigenvalue weighted by Crippen LogP contribution is -2.21. The minimum Gasteiger partial charge on any atom is -0.382 e. The van der Waals surface area contributed by atoms with Crippen LogP contribution in [0.2, 0.25) is 0 Å². The van der Waals surface area contributed by atoms with E-state index in [0.29, 0.717) is 6.04 Å². The molecule has 0 aliphatic heterocycles. The third-order valence-corrected chi connectivity index (χ3v) is 3.71. The molecule has 0 bridgehead atoms. The van der Waals surface area contributed by atoms with E-state index in [1.54, 1.807) is 0 Å². The monoisotopic (exact) mass is 243 g/mol. The fourth-order valence-electron chi connectivity index (χ4n) is 2.40. The Morgan fingerprint density at radius 1 is 1.06 bits per heavy atom. The number of unbranched alkanes of at least 4 members (excludes halogenated alkanes) is 1. The Hall–Kier alpha value is -0.915. The van der Waals surface area contributed by atoms with E-state index in [4.69, 9.17) is 7.85 Å². The van der Waals surface area contributed by atoms with Gasteiger partial charge in [0.05, 0.1) is 0 Å². The van der Waals surface area contributed by atoms with Gasteiger partial charge in [0.2, 0.25) is 0 Å². The van der Waals surface area contributed by atoms with Gasteiger partial charge in [-0.3, -0.25) is 0 Å². The molecule has 0 aromatic heterocycles. The van der Waals surface area contributed by atoms with Crippen molar-refractivity contribution in [2.24, 2.45) is 0 Å². The first-order chi connectivity index (χ1) is 8.40. The molecule has 0 atom stereocenters. The fourth-order valence-corrected chi connectivity index (χ4v) is 2.40. The highest BCUT2D eigenvalue weighted by Gasteiger charge is 2.14.